The molecule has 0 aliphatic heterocycles. The van der Waals surface area contributed by atoms with Gasteiger partial charge in [-0.3, -0.25) is 14.6 Å². The number of nitrogens with zero attached hydrogens (tertiary/aromatic N) is 1. The monoisotopic (exact) mass is 470 g/mol. The predicted octanol–water partition coefficient (Wildman–Crippen LogP) is 3.28. The average molecular weight is 471 g/mol. The highest BCUT2D eigenvalue weighted by molar-refractivity contribution is 6.36. The Kier molecular flexibility index (Phi) is 6.52. The highest BCUT2D eigenvalue weighted by Gasteiger charge is 2.26. The fourth-order valence-electron chi connectivity index (χ4n) is 3.23. The number of hydrogen-bond acceptors (Lipinski definition) is 7. The molecule has 172 valence electrons. The predicted molar refractivity (Wildman–Crippen MR) is 124 cm³/mol. The first-order chi connectivity index (χ1) is 15.9. The van der Waals surface area contributed by atoms with Crippen LogP contribution in [0.15, 0.2) is 36.5 Å². The molecule has 1 saturated carbocycles. The van der Waals surface area contributed by atoms with Crippen molar-refractivity contribution < 1.29 is 23.8 Å². The van der Waals surface area contributed by atoms with Crippen LogP contribution in [0.25, 0.3) is 10.9 Å². The quantitative estimate of drug-likeness (QED) is 0.322. The van der Waals surface area contributed by atoms with Crippen molar-refractivity contribution in [3.8, 4) is 17.2 Å². The SMILES string of the molecule is COCCOc1cc2nccc(Oc3ccc(C(=O)NC4CC4)c(Cl)c3N)c2cc1C(N)=O. The summed E-state index contributed by atoms with van der Waals surface area (Å²) in [6, 6.07) is 8.12. The van der Waals surface area contributed by atoms with Gasteiger partial charge in [0.15, 0.2) is 5.75 Å². The van der Waals surface area contributed by atoms with Crippen LogP contribution in [-0.4, -0.2) is 43.2 Å². The van der Waals surface area contributed by atoms with Crippen LogP contribution in [0.5, 0.6) is 17.2 Å². The van der Waals surface area contributed by atoms with Crippen LogP contribution in [0, 0.1) is 0 Å². The fraction of sp³-hybridized carbons (Fsp3) is 0.261. The van der Waals surface area contributed by atoms with Crippen LogP contribution < -0.4 is 26.3 Å². The molecule has 0 bridgehead atoms. The Hall–Kier alpha value is -3.56. The standard InChI is InChI=1S/C23H23ClN4O5/c1-31-8-9-32-19-11-16-14(10-15(19)22(26)29)17(6-7-27-16)33-18-5-4-13(20(24)21(18)25)23(30)28-12-2-3-12/h4-7,10-12H,2-3,8-9,25H2,1H3,(H2,26,29)(H,28,30). The number of aromatic nitrogens is 1. The Bertz CT molecular complexity index is 1230. The smallest absolute Gasteiger partial charge is 0.253 e. The second-order valence-corrected chi connectivity index (χ2v) is 7.95. The maximum atomic E-state index is 12.4. The number of primary amides is 1. The highest BCUT2D eigenvalue weighted by Crippen LogP contribution is 2.38. The van der Waals surface area contributed by atoms with E-state index in [1.807, 2.05) is 0 Å². The molecule has 2 amide bonds. The summed E-state index contributed by atoms with van der Waals surface area (Å²) in [5.41, 5.74) is 12.8. The number of fused-ring (bicyclic) bond motifs is 1. The van der Waals surface area contributed by atoms with Crippen LogP contribution in [0.4, 0.5) is 5.69 Å². The van der Waals surface area contributed by atoms with Crippen LogP contribution in [0.3, 0.4) is 0 Å². The van der Waals surface area contributed by atoms with Gasteiger partial charge in [-0.2, -0.15) is 0 Å². The van der Waals surface area contributed by atoms with E-state index in [2.05, 4.69) is 10.3 Å². The second-order valence-electron chi connectivity index (χ2n) is 7.57. The molecule has 1 aliphatic rings. The molecule has 0 saturated heterocycles. The first-order valence-electron chi connectivity index (χ1n) is 10.3. The van der Waals surface area contributed by atoms with E-state index >= 15 is 0 Å². The van der Waals surface area contributed by atoms with E-state index in [-0.39, 0.29) is 46.1 Å². The van der Waals surface area contributed by atoms with Crippen molar-refractivity contribution in [1.82, 2.24) is 10.3 Å². The largest absolute Gasteiger partial charge is 0.490 e. The summed E-state index contributed by atoms with van der Waals surface area (Å²) in [4.78, 5) is 28.7. The van der Waals surface area contributed by atoms with E-state index in [4.69, 9.17) is 37.3 Å². The van der Waals surface area contributed by atoms with Gasteiger partial charge in [0, 0.05) is 30.8 Å². The molecule has 3 aromatic rings. The molecule has 1 fully saturated rings. The van der Waals surface area contributed by atoms with Gasteiger partial charge in [-0.15, -0.1) is 0 Å². The van der Waals surface area contributed by atoms with E-state index < -0.39 is 5.91 Å². The van der Waals surface area contributed by atoms with Gasteiger partial charge in [0.05, 0.1) is 34.0 Å². The van der Waals surface area contributed by atoms with Crippen molar-refractivity contribution in [3.63, 3.8) is 0 Å². The summed E-state index contributed by atoms with van der Waals surface area (Å²) in [6.07, 6.45) is 3.47. The number of methoxy groups -OCH3 is 1. The van der Waals surface area contributed by atoms with Crippen LogP contribution >= 0.6 is 11.6 Å². The summed E-state index contributed by atoms with van der Waals surface area (Å²) in [5, 5.41) is 3.51. The average Bonchev–Trinajstić information content (AvgIpc) is 3.60. The minimum absolute atomic E-state index is 0.107. The van der Waals surface area contributed by atoms with Crippen molar-refractivity contribution >= 4 is 40.0 Å². The number of nitrogens with two attached hydrogens (primary N) is 2. The summed E-state index contributed by atoms with van der Waals surface area (Å²) < 4.78 is 16.6. The molecule has 0 radical (unpaired) electrons. The number of pyridine rings is 1. The normalized spacial score (nSPS) is 13.0. The van der Waals surface area contributed by atoms with E-state index in [1.165, 1.54) is 0 Å². The lowest BCUT2D eigenvalue weighted by molar-refractivity contribution is 0.0949. The van der Waals surface area contributed by atoms with Gasteiger partial charge in [-0.1, -0.05) is 11.6 Å². The van der Waals surface area contributed by atoms with Crippen LogP contribution in [-0.2, 0) is 4.74 Å². The van der Waals surface area contributed by atoms with E-state index in [0.717, 1.165) is 12.8 Å². The lowest BCUT2D eigenvalue weighted by atomic mass is 10.1. The van der Waals surface area contributed by atoms with E-state index in [9.17, 15) is 9.59 Å². The number of nitrogen functional groups attached to an aromatic ring is 1. The molecule has 0 unspecified atom stereocenters. The minimum Gasteiger partial charge on any atom is -0.490 e. The molecule has 9 nitrogen and oxygen atoms in total. The molecule has 5 N–H and O–H groups in total. The zero-order valence-corrected chi connectivity index (χ0v) is 18.6. The Morgan fingerprint density at radius 1 is 1.12 bits per heavy atom. The Morgan fingerprint density at radius 3 is 2.61 bits per heavy atom. The number of nitrogens with one attached hydrogen (secondary N) is 1. The molecule has 33 heavy (non-hydrogen) atoms. The minimum atomic E-state index is -0.660. The first-order valence-corrected chi connectivity index (χ1v) is 10.7. The fourth-order valence-corrected chi connectivity index (χ4v) is 3.48. The number of amides is 2. The lowest BCUT2D eigenvalue weighted by Gasteiger charge is -2.15. The van der Waals surface area contributed by atoms with Gasteiger partial charge in [0.1, 0.15) is 18.1 Å². The first kappa shape index (κ1) is 22.6. The van der Waals surface area contributed by atoms with Gasteiger partial charge >= 0.3 is 0 Å². The number of hydrogen-bond donors (Lipinski definition) is 3. The number of halogens is 1. The third-order valence-electron chi connectivity index (χ3n) is 5.13. The molecule has 10 heteroatoms. The van der Waals surface area contributed by atoms with Gasteiger partial charge in [0.25, 0.3) is 11.8 Å². The third kappa shape index (κ3) is 4.94. The van der Waals surface area contributed by atoms with Gasteiger partial charge < -0.3 is 31.0 Å². The Balaban J connectivity index is 1.67. The Labute approximate surface area is 195 Å². The second kappa shape index (κ2) is 9.51. The van der Waals surface area contributed by atoms with E-state index in [1.54, 1.807) is 43.6 Å². The maximum absolute atomic E-state index is 12.4. The van der Waals surface area contributed by atoms with Crippen molar-refractivity contribution in [2.75, 3.05) is 26.1 Å². The molecule has 1 aliphatic carbocycles. The number of rotatable bonds is 9. The number of benzene rings is 2. The zero-order chi connectivity index (χ0) is 23.5. The summed E-state index contributed by atoms with van der Waals surface area (Å²) in [6.45, 7) is 0.593. The number of anilines is 1. The molecule has 0 spiro atoms. The summed E-state index contributed by atoms with van der Waals surface area (Å²) in [7, 11) is 1.55. The van der Waals surface area contributed by atoms with Crippen molar-refractivity contribution in [3.05, 3.63) is 52.7 Å². The molecule has 0 atom stereocenters. The van der Waals surface area contributed by atoms with Gasteiger partial charge in [0.2, 0.25) is 0 Å². The third-order valence-corrected chi connectivity index (χ3v) is 5.54. The van der Waals surface area contributed by atoms with Crippen molar-refractivity contribution in [2.24, 2.45) is 5.73 Å². The number of carbonyl (C=O) groups is 2. The highest BCUT2D eigenvalue weighted by atomic mass is 35.5. The summed E-state index contributed by atoms with van der Waals surface area (Å²) >= 11 is 6.36. The van der Waals surface area contributed by atoms with Crippen LogP contribution in [0.2, 0.25) is 5.02 Å². The number of ether oxygens (including phenoxy) is 3. The van der Waals surface area contributed by atoms with E-state index in [0.29, 0.717) is 29.0 Å². The van der Waals surface area contributed by atoms with Crippen molar-refractivity contribution in [2.45, 2.75) is 18.9 Å². The molecule has 2 aromatic carbocycles. The summed E-state index contributed by atoms with van der Waals surface area (Å²) in [5.74, 6) is 0.000569. The molecule has 4 rings (SSSR count). The topological polar surface area (TPSA) is 139 Å². The molecular weight excluding hydrogens is 448 g/mol. The maximum Gasteiger partial charge on any atom is 0.253 e. The molecule has 1 heterocycles. The van der Waals surface area contributed by atoms with Crippen molar-refractivity contribution in [1.29, 1.82) is 0 Å². The molecular formula is C23H23ClN4O5. The zero-order valence-electron chi connectivity index (χ0n) is 17.9. The van der Waals surface area contributed by atoms with Gasteiger partial charge in [-0.25, -0.2) is 0 Å². The molecule has 1 aromatic heterocycles. The van der Waals surface area contributed by atoms with Gasteiger partial charge in [-0.05, 0) is 37.1 Å². The lowest BCUT2D eigenvalue weighted by Crippen LogP contribution is -2.25. The number of carbonyl (C=O) groups excluding carboxylic acids is 2. The van der Waals surface area contributed by atoms with Crippen LogP contribution in [0.1, 0.15) is 33.6 Å². The Morgan fingerprint density at radius 2 is 1.91 bits per heavy atom.